The summed E-state index contributed by atoms with van der Waals surface area (Å²) in [6.45, 7) is 6.82. The predicted molar refractivity (Wildman–Crippen MR) is 76.9 cm³/mol. The summed E-state index contributed by atoms with van der Waals surface area (Å²) in [5, 5.41) is 2.56. The summed E-state index contributed by atoms with van der Waals surface area (Å²) in [6, 6.07) is 0. The van der Waals surface area contributed by atoms with E-state index in [0.717, 1.165) is 4.90 Å². The van der Waals surface area contributed by atoms with Gasteiger partial charge >= 0.3 is 12.1 Å². The monoisotopic (exact) mass is 316 g/mol. The van der Waals surface area contributed by atoms with E-state index in [0.29, 0.717) is 0 Å². The molecule has 1 aliphatic heterocycles. The summed E-state index contributed by atoms with van der Waals surface area (Å²) < 4.78 is 15.3. The number of nitrogens with zero attached hydrogens (tertiary/aromatic N) is 1. The number of esters is 1. The second-order valence-corrected chi connectivity index (χ2v) is 5.91. The molecular weight excluding hydrogens is 292 g/mol. The van der Waals surface area contributed by atoms with Gasteiger partial charge in [0.2, 0.25) is 5.54 Å². The Bertz CT molecular complexity index is 445. The fourth-order valence-electron chi connectivity index (χ4n) is 2.19. The molecule has 1 heterocycles. The standard InChI is InChI=1S/C14H24N2O6/c1-6-21-11(18)14(7-8-15-10(14)17)16(9-20-5)12(19)22-13(2,3)4/h6-9H2,1-5H3,(H,15,17)/t14-/m1/s1. The molecule has 0 saturated carbocycles. The lowest BCUT2D eigenvalue weighted by atomic mass is 9.96. The first-order chi connectivity index (χ1) is 10.2. The number of nitrogens with one attached hydrogen (secondary N) is 1. The average Bonchev–Trinajstić information content (AvgIpc) is 2.77. The molecule has 0 bridgehead atoms. The maximum absolute atomic E-state index is 12.4. The number of carbonyl (C=O) groups is 3. The summed E-state index contributed by atoms with van der Waals surface area (Å²) in [5.74, 6) is -1.37. The molecule has 1 saturated heterocycles. The highest BCUT2D eigenvalue weighted by Crippen LogP contribution is 2.28. The van der Waals surface area contributed by atoms with Gasteiger partial charge in [-0.2, -0.15) is 0 Å². The van der Waals surface area contributed by atoms with Gasteiger partial charge in [-0.1, -0.05) is 0 Å². The van der Waals surface area contributed by atoms with E-state index < -0.39 is 29.1 Å². The highest BCUT2D eigenvalue weighted by Gasteiger charge is 2.58. The first-order valence-corrected chi connectivity index (χ1v) is 7.14. The third-order valence-corrected chi connectivity index (χ3v) is 3.09. The molecule has 0 spiro atoms. The van der Waals surface area contributed by atoms with E-state index in [1.807, 2.05) is 0 Å². The fourth-order valence-corrected chi connectivity index (χ4v) is 2.19. The number of rotatable bonds is 5. The molecule has 0 aliphatic carbocycles. The molecule has 1 rings (SSSR count). The van der Waals surface area contributed by atoms with Crippen LogP contribution in [0.15, 0.2) is 0 Å². The summed E-state index contributed by atoms with van der Waals surface area (Å²) in [7, 11) is 1.36. The Morgan fingerprint density at radius 2 is 2.00 bits per heavy atom. The number of hydrogen-bond donors (Lipinski definition) is 1. The molecule has 8 heteroatoms. The minimum absolute atomic E-state index is 0.100. The lowest BCUT2D eigenvalue weighted by Gasteiger charge is -2.36. The van der Waals surface area contributed by atoms with Gasteiger partial charge in [0.15, 0.2) is 0 Å². The smallest absolute Gasteiger partial charge is 0.413 e. The molecule has 8 nitrogen and oxygen atoms in total. The third-order valence-electron chi connectivity index (χ3n) is 3.09. The molecule has 0 aromatic heterocycles. The maximum atomic E-state index is 12.4. The topological polar surface area (TPSA) is 94.2 Å². The minimum atomic E-state index is -1.76. The summed E-state index contributed by atoms with van der Waals surface area (Å²) in [6.07, 6.45) is -0.702. The van der Waals surface area contributed by atoms with Crippen molar-refractivity contribution in [2.75, 3.05) is 27.0 Å². The highest BCUT2D eigenvalue weighted by molar-refractivity contribution is 6.10. The zero-order valence-corrected chi connectivity index (χ0v) is 13.7. The molecule has 1 N–H and O–H groups in total. The Morgan fingerprint density at radius 3 is 2.41 bits per heavy atom. The van der Waals surface area contributed by atoms with Crippen molar-refractivity contribution in [1.29, 1.82) is 0 Å². The highest BCUT2D eigenvalue weighted by atomic mass is 16.6. The van der Waals surface area contributed by atoms with Crippen molar-refractivity contribution in [3.8, 4) is 0 Å². The number of hydrogen-bond acceptors (Lipinski definition) is 6. The molecule has 0 radical (unpaired) electrons. The number of ether oxygens (including phenoxy) is 3. The van der Waals surface area contributed by atoms with E-state index in [1.165, 1.54) is 7.11 Å². The number of amides is 2. The summed E-state index contributed by atoms with van der Waals surface area (Å²) in [5.41, 5.74) is -2.53. The van der Waals surface area contributed by atoms with Crippen LogP contribution in [-0.4, -0.2) is 61.0 Å². The Labute approximate surface area is 130 Å². The van der Waals surface area contributed by atoms with Gasteiger partial charge in [-0.15, -0.1) is 0 Å². The zero-order valence-electron chi connectivity index (χ0n) is 13.7. The van der Waals surface area contributed by atoms with Crippen LogP contribution >= 0.6 is 0 Å². The van der Waals surface area contributed by atoms with Crippen molar-refractivity contribution in [3.63, 3.8) is 0 Å². The number of methoxy groups -OCH3 is 1. The molecule has 0 aromatic carbocycles. The quantitative estimate of drug-likeness (QED) is 0.455. The Hall–Kier alpha value is -1.83. The van der Waals surface area contributed by atoms with Crippen molar-refractivity contribution < 1.29 is 28.6 Å². The van der Waals surface area contributed by atoms with Crippen molar-refractivity contribution in [3.05, 3.63) is 0 Å². The van der Waals surface area contributed by atoms with Crippen LogP contribution in [0.4, 0.5) is 4.79 Å². The van der Waals surface area contributed by atoms with Gasteiger partial charge < -0.3 is 19.5 Å². The van der Waals surface area contributed by atoms with E-state index in [4.69, 9.17) is 14.2 Å². The first kappa shape index (κ1) is 18.2. The van der Waals surface area contributed by atoms with Crippen molar-refractivity contribution in [1.82, 2.24) is 10.2 Å². The molecule has 0 aromatic rings. The van der Waals surface area contributed by atoms with Crippen LogP contribution in [0.3, 0.4) is 0 Å². The molecule has 0 unspecified atom stereocenters. The molecule has 126 valence electrons. The second kappa shape index (κ2) is 6.95. The first-order valence-electron chi connectivity index (χ1n) is 7.14. The maximum Gasteiger partial charge on any atom is 0.413 e. The number of carbonyl (C=O) groups excluding carboxylic acids is 3. The van der Waals surface area contributed by atoms with E-state index in [1.54, 1.807) is 27.7 Å². The van der Waals surface area contributed by atoms with Gasteiger partial charge in [-0.3, -0.25) is 9.69 Å². The van der Waals surface area contributed by atoms with Crippen LogP contribution < -0.4 is 5.32 Å². The normalized spacial score (nSPS) is 21.2. The lowest BCUT2D eigenvalue weighted by Crippen LogP contribution is -2.63. The van der Waals surface area contributed by atoms with Crippen LogP contribution in [0.1, 0.15) is 34.1 Å². The second-order valence-electron chi connectivity index (χ2n) is 5.91. The van der Waals surface area contributed by atoms with Crippen molar-refractivity contribution >= 4 is 18.0 Å². The largest absolute Gasteiger partial charge is 0.464 e. The van der Waals surface area contributed by atoms with Gasteiger partial charge in [0, 0.05) is 20.1 Å². The third kappa shape index (κ3) is 3.68. The minimum Gasteiger partial charge on any atom is -0.464 e. The fraction of sp³-hybridized carbons (Fsp3) is 0.786. The molecule has 1 atom stereocenters. The molecular formula is C14H24N2O6. The van der Waals surface area contributed by atoms with Crippen molar-refractivity contribution in [2.45, 2.75) is 45.3 Å². The predicted octanol–water partition coefficient (Wildman–Crippen LogP) is 0.649. The summed E-state index contributed by atoms with van der Waals surface area (Å²) in [4.78, 5) is 38.1. The lowest BCUT2D eigenvalue weighted by molar-refractivity contribution is -0.164. The van der Waals surface area contributed by atoms with Crippen LogP contribution in [0.2, 0.25) is 0 Å². The van der Waals surface area contributed by atoms with Gasteiger partial charge in [0.05, 0.1) is 6.61 Å². The van der Waals surface area contributed by atoms with Crippen LogP contribution in [-0.2, 0) is 23.8 Å². The average molecular weight is 316 g/mol. The summed E-state index contributed by atoms with van der Waals surface area (Å²) >= 11 is 0. The van der Waals surface area contributed by atoms with Crippen LogP contribution in [0, 0.1) is 0 Å². The van der Waals surface area contributed by atoms with Gasteiger partial charge in [-0.05, 0) is 27.7 Å². The van der Waals surface area contributed by atoms with E-state index in [2.05, 4.69) is 5.32 Å². The molecule has 1 fully saturated rings. The van der Waals surface area contributed by atoms with E-state index >= 15 is 0 Å². The van der Waals surface area contributed by atoms with Crippen LogP contribution in [0.25, 0.3) is 0 Å². The Kier molecular flexibility index (Phi) is 5.76. The molecule has 1 aliphatic rings. The van der Waals surface area contributed by atoms with E-state index in [-0.39, 0.29) is 26.3 Å². The van der Waals surface area contributed by atoms with Gasteiger partial charge in [0.25, 0.3) is 5.91 Å². The van der Waals surface area contributed by atoms with Crippen LogP contribution in [0.5, 0.6) is 0 Å². The van der Waals surface area contributed by atoms with Crippen molar-refractivity contribution in [2.24, 2.45) is 0 Å². The molecule has 22 heavy (non-hydrogen) atoms. The van der Waals surface area contributed by atoms with E-state index in [9.17, 15) is 14.4 Å². The van der Waals surface area contributed by atoms with Gasteiger partial charge in [0.1, 0.15) is 12.3 Å². The SMILES string of the molecule is CCOC(=O)[C@@]1(N(COC)C(=O)OC(C)(C)C)CCNC1=O. The Balaban J connectivity index is 3.19. The molecule has 2 amide bonds. The zero-order chi connectivity index (χ0) is 17.0. The Morgan fingerprint density at radius 1 is 1.36 bits per heavy atom. The van der Waals surface area contributed by atoms with Gasteiger partial charge in [-0.25, -0.2) is 9.59 Å².